The lowest BCUT2D eigenvalue weighted by molar-refractivity contribution is 0.425. The lowest BCUT2D eigenvalue weighted by atomic mass is 9.72. The van der Waals surface area contributed by atoms with Crippen molar-refractivity contribution in [3.05, 3.63) is 26.7 Å². The topological polar surface area (TPSA) is 40.5 Å². The van der Waals surface area contributed by atoms with Crippen LogP contribution >= 0.6 is 15.9 Å². The molecule has 0 bridgehead atoms. The summed E-state index contributed by atoms with van der Waals surface area (Å²) in [7, 11) is -1.39. The van der Waals surface area contributed by atoms with E-state index in [-0.39, 0.29) is 0 Å². The Bertz CT molecular complexity index is 346. The Hall–Kier alpha value is -0.315. The molecule has 0 aromatic heterocycles. The van der Waals surface area contributed by atoms with Crippen LogP contribution in [-0.2, 0) is 0 Å². The van der Waals surface area contributed by atoms with Crippen LogP contribution in [0.5, 0.6) is 0 Å². The Balaban J connectivity index is 3.60. The Morgan fingerprint density at radius 1 is 0.857 bits per heavy atom. The third-order valence-corrected chi connectivity index (χ3v) is 4.04. The molecule has 2 N–H and O–H groups in total. The van der Waals surface area contributed by atoms with Gasteiger partial charge in [0.2, 0.25) is 0 Å². The highest BCUT2D eigenvalue weighted by molar-refractivity contribution is 9.10. The van der Waals surface area contributed by atoms with Crippen LogP contribution in [0.1, 0.15) is 22.3 Å². The van der Waals surface area contributed by atoms with Gasteiger partial charge in [0.25, 0.3) is 0 Å². The summed E-state index contributed by atoms with van der Waals surface area (Å²) in [5.74, 6) is 0. The molecule has 0 fully saturated rings. The molecule has 14 heavy (non-hydrogen) atoms. The van der Waals surface area contributed by atoms with Crippen LogP contribution in [0.25, 0.3) is 0 Å². The first-order valence-corrected chi connectivity index (χ1v) is 5.29. The fraction of sp³-hybridized carbons (Fsp3) is 0.400. The highest BCUT2D eigenvalue weighted by atomic mass is 79.9. The SMILES string of the molecule is Cc1c(C)c(B(O)O)c(C)c(C)c1Br. The molecule has 0 atom stereocenters. The van der Waals surface area contributed by atoms with Gasteiger partial charge in [0.15, 0.2) is 0 Å². The van der Waals surface area contributed by atoms with Gasteiger partial charge < -0.3 is 10.0 Å². The van der Waals surface area contributed by atoms with Gasteiger partial charge in [-0.25, -0.2) is 0 Å². The van der Waals surface area contributed by atoms with E-state index in [1.54, 1.807) is 0 Å². The van der Waals surface area contributed by atoms with Crippen molar-refractivity contribution in [2.24, 2.45) is 0 Å². The molecule has 0 aliphatic rings. The van der Waals surface area contributed by atoms with Crippen molar-refractivity contribution in [1.29, 1.82) is 0 Å². The first kappa shape index (κ1) is 11.8. The molecular weight excluding hydrogens is 243 g/mol. The second-order valence-corrected chi connectivity index (χ2v) is 4.39. The van der Waals surface area contributed by atoms with Crippen molar-refractivity contribution in [2.75, 3.05) is 0 Å². The van der Waals surface area contributed by atoms with Gasteiger partial charge in [0.05, 0.1) is 0 Å². The first-order valence-electron chi connectivity index (χ1n) is 4.49. The van der Waals surface area contributed by atoms with Crippen LogP contribution in [-0.4, -0.2) is 17.2 Å². The molecule has 1 aromatic carbocycles. The van der Waals surface area contributed by atoms with Crippen molar-refractivity contribution in [1.82, 2.24) is 0 Å². The Labute approximate surface area is 93.2 Å². The van der Waals surface area contributed by atoms with Crippen LogP contribution in [0.4, 0.5) is 0 Å². The van der Waals surface area contributed by atoms with E-state index in [0.717, 1.165) is 26.7 Å². The molecule has 0 amide bonds. The smallest absolute Gasteiger partial charge is 0.423 e. The lowest BCUT2D eigenvalue weighted by Gasteiger charge is -2.16. The lowest BCUT2D eigenvalue weighted by Crippen LogP contribution is -2.35. The van der Waals surface area contributed by atoms with Crippen molar-refractivity contribution in [2.45, 2.75) is 27.7 Å². The van der Waals surface area contributed by atoms with Gasteiger partial charge in [-0.1, -0.05) is 15.9 Å². The Kier molecular flexibility index (Phi) is 3.40. The molecule has 0 heterocycles. The molecular formula is C10H14BBrO2. The minimum atomic E-state index is -1.39. The number of rotatable bonds is 1. The molecule has 0 radical (unpaired) electrons. The van der Waals surface area contributed by atoms with Crippen LogP contribution in [0.15, 0.2) is 4.47 Å². The summed E-state index contributed by atoms with van der Waals surface area (Å²) in [5, 5.41) is 18.5. The summed E-state index contributed by atoms with van der Waals surface area (Å²) in [6, 6.07) is 0. The summed E-state index contributed by atoms with van der Waals surface area (Å²) in [4.78, 5) is 0. The molecule has 0 saturated carbocycles. The zero-order valence-electron chi connectivity index (χ0n) is 8.85. The molecule has 1 rings (SSSR count). The van der Waals surface area contributed by atoms with E-state index >= 15 is 0 Å². The van der Waals surface area contributed by atoms with Crippen LogP contribution in [0, 0.1) is 27.7 Å². The standard InChI is InChI=1S/C10H14BBrO2/c1-5-7(3)10(12)8(4)6(2)9(5)11(13)14/h13-14H,1-4H3. The van der Waals surface area contributed by atoms with Gasteiger partial charge in [-0.05, 0) is 55.4 Å². The van der Waals surface area contributed by atoms with Gasteiger partial charge in [-0.3, -0.25) is 0 Å². The van der Waals surface area contributed by atoms with Crippen molar-refractivity contribution >= 4 is 28.5 Å². The fourth-order valence-corrected chi connectivity index (χ4v) is 2.28. The van der Waals surface area contributed by atoms with E-state index < -0.39 is 7.12 Å². The quantitative estimate of drug-likeness (QED) is 0.746. The average Bonchev–Trinajstić information content (AvgIpc) is 2.11. The Morgan fingerprint density at radius 2 is 1.21 bits per heavy atom. The second kappa shape index (κ2) is 4.05. The van der Waals surface area contributed by atoms with Crippen LogP contribution in [0.2, 0.25) is 0 Å². The van der Waals surface area contributed by atoms with Gasteiger partial charge >= 0.3 is 7.12 Å². The van der Waals surface area contributed by atoms with Crippen molar-refractivity contribution < 1.29 is 10.0 Å². The predicted octanol–water partition coefficient (Wildman–Crippen LogP) is 1.36. The normalized spacial score (nSPS) is 10.5. The largest absolute Gasteiger partial charge is 0.488 e. The Morgan fingerprint density at radius 3 is 1.50 bits per heavy atom. The van der Waals surface area contributed by atoms with Crippen molar-refractivity contribution in [3.63, 3.8) is 0 Å². The monoisotopic (exact) mass is 256 g/mol. The third kappa shape index (κ3) is 1.74. The van der Waals surface area contributed by atoms with Gasteiger partial charge in [0, 0.05) is 4.47 Å². The molecule has 1 aromatic rings. The number of hydrogen-bond donors (Lipinski definition) is 2. The van der Waals surface area contributed by atoms with E-state index in [4.69, 9.17) is 0 Å². The van der Waals surface area contributed by atoms with E-state index in [0.29, 0.717) is 5.46 Å². The zero-order chi connectivity index (χ0) is 11.0. The maximum absolute atomic E-state index is 9.27. The zero-order valence-corrected chi connectivity index (χ0v) is 10.4. The maximum atomic E-state index is 9.27. The molecule has 4 heteroatoms. The molecule has 0 saturated heterocycles. The summed E-state index contributed by atoms with van der Waals surface area (Å²) in [5.41, 5.74) is 4.64. The number of hydrogen-bond acceptors (Lipinski definition) is 2. The molecule has 0 aliphatic carbocycles. The van der Waals surface area contributed by atoms with E-state index in [1.165, 1.54) is 0 Å². The molecule has 0 unspecified atom stereocenters. The van der Waals surface area contributed by atoms with E-state index in [1.807, 2.05) is 27.7 Å². The summed E-state index contributed by atoms with van der Waals surface area (Å²) < 4.78 is 1.05. The summed E-state index contributed by atoms with van der Waals surface area (Å²) >= 11 is 3.50. The molecule has 2 nitrogen and oxygen atoms in total. The first-order chi connectivity index (χ1) is 6.37. The molecule has 76 valence electrons. The fourth-order valence-electron chi connectivity index (χ4n) is 1.68. The van der Waals surface area contributed by atoms with Crippen LogP contribution in [0.3, 0.4) is 0 Å². The van der Waals surface area contributed by atoms with E-state index in [9.17, 15) is 10.0 Å². The minimum absolute atomic E-state index is 0.628. The number of halogens is 1. The molecule has 0 spiro atoms. The maximum Gasteiger partial charge on any atom is 0.488 e. The number of benzene rings is 1. The third-order valence-electron chi connectivity index (χ3n) is 2.85. The van der Waals surface area contributed by atoms with E-state index in [2.05, 4.69) is 15.9 Å². The van der Waals surface area contributed by atoms with Crippen LogP contribution < -0.4 is 5.46 Å². The van der Waals surface area contributed by atoms with Crippen molar-refractivity contribution in [3.8, 4) is 0 Å². The van der Waals surface area contributed by atoms with Gasteiger partial charge in [-0.2, -0.15) is 0 Å². The average molecular weight is 257 g/mol. The highest BCUT2D eigenvalue weighted by Crippen LogP contribution is 2.25. The second-order valence-electron chi connectivity index (χ2n) is 3.60. The summed E-state index contributed by atoms with van der Waals surface area (Å²) in [6.07, 6.45) is 0. The predicted molar refractivity (Wildman–Crippen MR) is 62.9 cm³/mol. The minimum Gasteiger partial charge on any atom is -0.423 e. The molecule has 0 aliphatic heterocycles. The van der Waals surface area contributed by atoms with Gasteiger partial charge in [-0.15, -0.1) is 0 Å². The van der Waals surface area contributed by atoms with Gasteiger partial charge in [0.1, 0.15) is 0 Å². The highest BCUT2D eigenvalue weighted by Gasteiger charge is 2.21. The summed E-state index contributed by atoms with van der Waals surface area (Å²) in [6.45, 7) is 7.75.